The van der Waals surface area contributed by atoms with Crippen molar-refractivity contribution in [3.05, 3.63) is 0 Å². The van der Waals surface area contributed by atoms with E-state index in [9.17, 15) is 4.79 Å². The molecule has 0 spiro atoms. The molecule has 0 unspecified atom stereocenters. The third-order valence-electron chi connectivity index (χ3n) is 0.464. The van der Waals surface area contributed by atoms with Gasteiger partial charge in [0.2, 0.25) is 0 Å². The van der Waals surface area contributed by atoms with Gasteiger partial charge in [-0.3, -0.25) is 4.79 Å². The van der Waals surface area contributed by atoms with Crippen LogP contribution in [0.3, 0.4) is 0 Å². The van der Waals surface area contributed by atoms with E-state index in [2.05, 4.69) is 0 Å². The van der Waals surface area contributed by atoms with E-state index in [1.165, 1.54) is 6.92 Å². The molecule has 0 aliphatic rings. The van der Waals surface area contributed by atoms with Crippen LogP contribution in [0.4, 0.5) is 0 Å². The minimum atomic E-state index is -0.0185. The number of hydrogen-bond acceptors (Lipinski definition) is 2. The van der Waals surface area contributed by atoms with E-state index in [0.29, 0.717) is 6.42 Å². The molecule has 3 heteroatoms. The Bertz CT molecular complexity index is 53.7. The van der Waals surface area contributed by atoms with Gasteiger partial charge in [0.25, 0.3) is 0 Å². The van der Waals surface area contributed by atoms with Crippen molar-refractivity contribution in [3.8, 4) is 0 Å². The van der Waals surface area contributed by atoms with Crippen LogP contribution in [-0.2, 0) is 37.5 Å². The van der Waals surface area contributed by atoms with E-state index in [1.54, 1.807) is 0 Å². The molecular weight excluding hydrogens is 169 g/mol. The first kappa shape index (κ1) is 10.7. The number of carbonyl (C=O) groups is 1. The standard InChI is InChI=1S/C4H8O2.Y/c1-4(6)2-3-5;/h5H,2-3H2,1H3;. The van der Waals surface area contributed by atoms with Gasteiger partial charge in [-0.15, -0.1) is 0 Å². The molecule has 0 aliphatic carbocycles. The monoisotopic (exact) mass is 177 g/mol. The molecule has 1 radical (unpaired) electrons. The van der Waals surface area contributed by atoms with Crippen LogP contribution in [0.2, 0.25) is 0 Å². The van der Waals surface area contributed by atoms with Gasteiger partial charge < -0.3 is 5.11 Å². The molecule has 0 heterocycles. The van der Waals surface area contributed by atoms with Crippen molar-refractivity contribution < 1.29 is 42.6 Å². The van der Waals surface area contributed by atoms with Gasteiger partial charge in [0, 0.05) is 45.7 Å². The number of hydrogen-bond donors (Lipinski definition) is 1. The molecule has 0 aromatic carbocycles. The van der Waals surface area contributed by atoms with Gasteiger partial charge in [0.05, 0.1) is 0 Å². The first-order valence-electron chi connectivity index (χ1n) is 1.87. The number of carbonyl (C=O) groups excluding carboxylic acids is 1. The zero-order valence-corrected chi connectivity index (χ0v) is 7.19. The van der Waals surface area contributed by atoms with E-state index in [0.717, 1.165) is 0 Å². The number of rotatable bonds is 2. The maximum atomic E-state index is 9.88. The third kappa shape index (κ3) is 10.8. The quantitative estimate of drug-likeness (QED) is 0.642. The van der Waals surface area contributed by atoms with E-state index in [4.69, 9.17) is 5.11 Å². The second-order valence-electron chi connectivity index (χ2n) is 1.18. The van der Waals surface area contributed by atoms with Gasteiger partial charge in [-0.25, -0.2) is 0 Å². The molecule has 0 bridgehead atoms. The van der Waals surface area contributed by atoms with Gasteiger partial charge in [-0.2, -0.15) is 0 Å². The van der Waals surface area contributed by atoms with E-state index < -0.39 is 0 Å². The summed E-state index contributed by atoms with van der Waals surface area (Å²) in [6, 6.07) is 0. The van der Waals surface area contributed by atoms with Gasteiger partial charge in [-0.05, 0) is 6.92 Å². The Morgan fingerprint density at radius 1 is 1.71 bits per heavy atom. The summed E-state index contributed by atoms with van der Waals surface area (Å²) < 4.78 is 0. The summed E-state index contributed by atoms with van der Waals surface area (Å²) in [5.74, 6) is 0.0394. The van der Waals surface area contributed by atoms with Crippen LogP contribution in [0, 0.1) is 0 Å². The van der Waals surface area contributed by atoms with Gasteiger partial charge >= 0.3 is 0 Å². The summed E-state index contributed by atoms with van der Waals surface area (Å²) in [7, 11) is 0. The molecule has 0 aromatic heterocycles. The molecule has 0 aromatic rings. The smallest absolute Gasteiger partial charge is 0.132 e. The molecular formula is C4H8O2Y. The fourth-order valence-corrected chi connectivity index (χ4v) is 0.157. The van der Waals surface area contributed by atoms with Crippen molar-refractivity contribution >= 4 is 5.78 Å². The average Bonchev–Trinajstić information content (AvgIpc) is 1.35. The summed E-state index contributed by atoms with van der Waals surface area (Å²) >= 11 is 0. The summed E-state index contributed by atoms with van der Waals surface area (Å²) in [5, 5.41) is 8.02. The zero-order chi connectivity index (χ0) is 4.99. The fraction of sp³-hybridized carbons (Fsp3) is 0.750. The molecule has 39 valence electrons. The number of ketones is 1. The Kier molecular flexibility index (Phi) is 10.3. The van der Waals surface area contributed by atoms with Gasteiger partial charge in [0.15, 0.2) is 0 Å². The maximum Gasteiger partial charge on any atom is 0.132 e. The minimum absolute atomic E-state index is 0. The average molecular weight is 177 g/mol. The van der Waals surface area contributed by atoms with Crippen molar-refractivity contribution in [2.75, 3.05) is 6.61 Å². The van der Waals surface area contributed by atoms with Crippen molar-refractivity contribution in [2.45, 2.75) is 13.3 Å². The number of aliphatic hydroxyl groups excluding tert-OH is 1. The van der Waals surface area contributed by atoms with Crippen LogP contribution in [-0.4, -0.2) is 17.5 Å². The molecule has 7 heavy (non-hydrogen) atoms. The third-order valence-corrected chi connectivity index (χ3v) is 0.464. The molecule has 0 fully saturated rings. The summed E-state index contributed by atoms with van der Waals surface area (Å²) in [4.78, 5) is 9.88. The van der Waals surface area contributed by atoms with Crippen LogP contribution in [0.25, 0.3) is 0 Å². The normalized spacial score (nSPS) is 7.14. The van der Waals surface area contributed by atoms with Crippen molar-refractivity contribution in [2.24, 2.45) is 0 Å². The first-order chi connectivity index (χ1) is 2.77. The predicted molar refractivity (Wildman–Crippen MR) is 22.4 cm³/mol. The largest absolute Gasteiger partial charge is 0.396 e. The molecule has 0 saturated carbocycles. The fourth-order valence-electron chi connectivity index (χ4n) is 0.157. The Hall–Kier alpha value is 0.734. The molecule has 2 nitrogen and oxygen atoms in total. The van der Waals surface area contributed by atoms with Gasteiger partial charge in [0.1, 0.15) is 5.78 Å². The first-order valence-corrected chi connectivity index (χ1v) is 1.87. The van der Waals surface area contributed by atoms with E-state index in [-0.39, 0.29) is 45.1 Å². The molecule has 0 amide bonds. The van der Waals surface area contributed by atoms with Crippen molar-refractivity contribution in [1.29, 1.82) is 0 Å². The maximum absolute atomic E-state index is 9.88. The van der Waals surface area contributed by atoms with E-state index in [1.807, 2.05) is 0 Å². The molecule has 1 N–H and O–H groups in total. The van der Waals surface area contributed by atoms with Crippen molar-refractivity contribution in [3.63, 3.8) is 0 Å². The number of Topliss-reactive ketones (excluding diaryl/α,β-unsaturated/α-hetero) is 1. The molecule has 0 aliphatic heterocycles. The summed E-state index contributed by atoms with van der Waals surface area (Å²) in [6.07, 6.45) is 0.292. The Labute approximate surface area is 68.2 Å². The summed E-state index contributed by atoms with van der Waals surface area (Å²) in [5.41, 5.74) is 0. The Morgan fingerprint density at radius 2 is 2.14 bits per heavy atom. The van der Waals surface area contributed by atoms with Crippen LogP contribution < -0.4 is 0 Å². The van der Waals surface area contributed by atoms with Crippen molar-refractivity contribution in [1.82, 2.24) is 0 Å². The topological polar surface area (TPSA) is 37.3 Å². The van der Waals surface area contributed by atoms with E-state index >= 15 is 0 Å². The van der Waals surface area contributed by atoms with Crippen LogP contribution in [0.1, 0.15) is 13.3 Å². The van der Waals surface area contributed by atoms with Crippen LogP contribution in [0.5, 0.6) is 0 Å². The molecule has 0 saturated heterocycles. The van der Waals surface area contributed by atoms with Crippen LogP contribution >= 0.6 is 0 Å². The molecule has 0 atom stereocenters. The van der Waals surface area contributed by atoms with Gasteiger partial charge in [-0.1, -0.05) is 0 Å². The summed E-state index contributed by atoms with van der Waals surface area (Å²) in [6.45, 7) is 1.44. The zero-order valence-electron chi connectivity index (χ0n) is 4.35. The number of aliphatic hydroxyl groups is 1. The second kappa shape index (κ2) is 6.73. The Morgan fingerprint density at radius 3 is 2.14 bits per heavy atom. The second-order valence-corrected chi connectivity index (χ2v) is 1.18. The predicted octanol–water partition coefficient (Wildman–Crippen LogP) is -0.0447. The Balaban J connectivity index is 0. The molecule has 0 rings (SSSR count). The van der Waals surface area contributed by atoms with Crippen LogP contribution in [0.15, 0.2) is 0 Å². The SMILES string of the molecule is CC(=O)CCO.[Y]. The minimum Gasteiger partial charge on any atom is -0.396 e.